The van der Waals surface area contributed by atoms with Crippen molar-refractivity contribution in [2.45, 2.75) is 38.0 Å². The van der Waals surface area contributed by atoms with Gasteiger partial charge >= 0.3 is 0 Å². The Morgan fingerprint density at radius 2 is 1.90 bits per heavy atom. The van der Waals surface area contributed by atoms with Gasteiger partial charge in [-0.15, -0.1) is 0 Å². The summed E-state index contributed by atoms with van der Waals surface area (Å²) < 4.78 is 27.8. The summed E-state index contributed by atoms with van der Waals surface area (Å²) in [5.74, 6) is 0.399. The van der Waals surface area contributed by atoms with Gasteiger partial charge in [0.1, 0.15) is 11.6 Å². The predicted molar refractivity (Wildman–Crippen MR) is 164 cm³/mol. The number of carbonyl (C=O) groups excluding carboxylic acids is 1. The largest absolute Gasteiger partial charge is 0.493 e. The molecule has 0 spiro atoms. The number of methoxy groups -OCH3 is 1. The lowest BCUT2D eigenvalue weighted by Crippen LogP contribution is -2.25. The van der Waals surface area contributed by atoms with Crippen LogP contribution < -0.4 is 20.3 Å². The highest BCUT2D eigenvalue weighted by atomic mass is 79.9. The number of hydrogen-bond acceptors (Lipinski definition) is 6. The van der Waals surface area contributed by atoms with Crippen LogP contribution in [0.15, 0.2) is 73.4 Å². The number of nitrogens with one attached hydrogen (secondary N) is 1. The van der Waals surface area contributed by atoms with Crippen LogP contribution in [0.2, 0.25) is 0 Å². The van der Waals surface area contributed by atoms with Crippen molar-refractivity contribution in [3.05, 3.63) is 91.1 Å². The summed E-state index contributed by atoms with van der Waals surface area (Å²) in [5, 5.41) is 7.56. The molecule has 4 aromatic rings. The van der Waals surface area contributed by atoms with Crippen molar-refractivity contribution in [3.63, 3.8) is 0 Å². The molecule has 0 aliphatic heterocycles. The standard InChI is InChI=1S/C30H27Br2FN4O4/c1-40-26-13-19(22(32)15-27(26)41-17-28(38)35-25-10-6-5-9-23(25)33)16-34-37-29(18-7-3-2-4-8-18)36-24-12-11-20(31)14-21(24)30(37)39/h5-6,9-16,18H,2-4,7-8,17H2,1H3,(H,35,38). The van der Waals surface area contributed by atoms with Gasteiger partial charge in [0.2, 0.25) is 0 Å². The van der Waals surface area contributed by atoms with E-state index in [-0.39, 0.29) is 23.8 Å². The third kappa shape index (κ3) is 6.68. The Morgan fingerprint density at radius 3 is 2.66 bits per heavy atom. The molecule has 3 aromatic carbocycles. The molecule has 1 saturated carbocycles. The van der Waals surface area contributed by atoms with Gasteiger partial charge in [-0.3, -0.25) is 9.59 Å². The third-order valence-electron chi connectivity index (χ3n) is 6.91. The lowest BCUT2D eigenvalue weighted by Gasteiger charge is -2.22. The van der Waals surface area contributed by atoms with Gasteiger partial charge in [-0.2, -0.15) is 9.78 Å². The molecule has 0 saturated heterocycles. The minimum atomic E-state index is -0.537. The maximum Gasteiger partial charge on any atom is 0.282 e. The molecule has 5 rings (SSSR count). The second-order valence-corrected chi connectivity index (χ2v) is 11.4. The van der Waals surface area contributed by atoms with Gasteiger partial charge in [-0.25, -0.2) is 9.37 Å². The zero-order valence-corrected chi connectivity index (χ0v) is 25.4. The summed E-state index contributed by atoms with van der Waals surface area (Å²) in [7, 11) is 1.48. The molecule has 0 atom stereocenters. The summed E-state index contributed by atoms with van der Waals surface area (Å²) in [4.78, 5) is 30.8. The van der Waals surface area contributed by atoms with Crippen LogP contribution in [-0.2, 0) is 4.79 Å². The van der Waals surface area contributed by atoms with Gasteiger partial charge in [0.25, 0.3) is 11.5 Å². The predicted octanol–water partition coefficient (Wildman–Crippen LogP) is 7.02. The molecule has 0 radical (unpaired) electrons. The van der Waals surface area contributed by atoms with Gasteiger partial charge in [0.05, 0.1) is 29.9 Å². The average Bonchev–Trinajstić information content (AvgIpc) is 2.98. The minimum Gasteiger partial charge on any atom is -0.493 e. The van der Waals surface area contributed by atoms with E-state index in [9.17, 15) is 14.0 Å². The molecule has 0 unspecified atom stereocenters. The van der Waals surface area contributed by atoms with Crippen molar-refractivity contribution in [1.29, 1.82) is 0 Å². The van der Waals surface area contributed by atoms with E-state index in [1.165, 1.54) is 36.4 Å². The summed E-state index contributed by atoms with van der Waals surface area (Å²) in [6, 6.07) is 14.7. The summed E-state index contributed by atoms with van der Waals surface area (Å²) >= 11 is 6.98. The number of rotatable bonds is 8. The van der Waals surface area contributed by atoms with E-state index in [1.807, 2.05) is 12.1 Å². The van der Waals surface area contributed by atoms with Gasteiger partial charge < -0.3 is 14.8 Å². The number of para-hydroxylation sites is 1. The lowest BCUT2D eigenvalue weighted by atomic mass is 9.88. The van der Waals surface area contributed by atoms with E-state index in [0.717, 1.165) is 30.2 Å². The SMILES string of the molecule is COc1cc(C=Nn2c(C3CCCCC3)nc3ccc(Br)cc3c2=O)c(Br)cc1OCC(=O)Nc1ccccc1F. The molecule has 212 valence electrons. The van der Waals surface area contributed by atoms with Crippen molar-refractivity contribution >= 4 is 60.6 Å². The molecule has 41 heavy (non-hydrogen) atoms. The van der Waals surface area contributed by atoms with Crippen LogP contribution in [0.25, 0.3) is 10.9 Å². The van der Waals surface area contributed by atoms with Crippen LogP contribution in [0, 0.1) is 5.82 Å². The molecule has 1 aliphatic carbocycles. The Morgan fingerprint density at radius 1 is 1.12 bits per heavy atom. The van der Waals surface area contributed by atoms with Crippen molar-refractivity contribution in [2.24, 2.45) is 5.10 Å². The second kappa shape index (κ2) is 12.9. The third-order valence-corrected chi connectivity index (χ3v) is 8.09. The average molecular weight is 686 g/mol. The van der Waals surface area contributed by atoms with E-state index < -0.39 is 11.7 Å². The zero-order valence-electron chi connectivity index (χ0n) is 22.2. The number of benzene rings is 3. The number of fused-ring (bicyclic) bond motifs is 1. The number of anilines is 1. The summed E-state index contributed by atoms with van der Waals surface area (Å²) in [5.41, 5.74) is 1.10. The highest BCUT2D eigenvalue weighted by Gasteiger charge is 2.23. The number of ether oxygens (including phenoxy) is 2. The zero-order chi connectivity index (χ0) is 28.9. The first kappa shape index (κ1) is 28.9. The summed E-state index contributed by atoms with van der Waals surface area (Å²) in [6.07, 6.45) is 6.84. The normalized spacial score (nSPS) is 14.0. The van der Waals surface area contributed by atoms with Gasteiger partial charge in [-0.1, -0.05) is 47.3 Å². The molecule has 1 heterocycles. The van der Waals surface area contributed by atoms with E-state index in [4.69, 9.17) is 14.5 Å². The topological polar surface area (TPSA) is 94.8 Å². The molecule has 1 N–H and O–H groups in total. The van der Waals surface area contributed by atoms with Gasteiger partial charge in [0.15, 0.2) is 18.1 Å². The van der Waals surface area contributed by atoms with Crippen LogP contribution in [0.5, 0.6) is 11.5 Å². The molecule has 8 nitrogen and oxygen atoms in total. The van der Waals surface area contributed by atoms with Crippen LogP contribution >= 0.6 is 31.9 Å². The Kier molecular flexibility index (Phi) is 9.14. The fraction of sp³-hybridized carbons (Fsp3) is 0.267. The first-order valence-corrected chi connectivity index (χ1v) is 14.7. The second-order valence-electron chi connectivity index (χ2n) is 9.67. The van der Waals surface area contributed by atoms with Crippen molar-refractivity contribution < 1.29 is 18.7 Å². The van der Waals surface area contributed by atoms with E-state index in [1.54, 1.807) is 30.5 Å². The monoisotopic (exact) mass is 684 g/mol. The Bertz CT molecular complexity index is 1690. The molecule has 1 amide bonds. The van der Waals surface area contributed by atoms with E-state index in [2.05, 4.69) is 42.3 Å². The molecule has 1 aliphatic rings. The minimum absolute atomic E-state index is 0.0687. The van der Waals surface area contributed by atoms with Crippen molar-refractivity contribution in [1.82, 2.24) is 9.66 Å². The quantitative estimate of drug-likeness (QED) is 0.201. The van der Waals surface area contributed by atoms with Crippen LogP contribution in [0.1, 0.15) is 49.4 Å². The van der Waals surface area contributed by atoms with Crippen LogP contribution in [0.3, 0.4) is 0 Å². The first-order chi connectivity index (χ1) is 19.8. The maximum atomic E-state index is 13.9. The van der Waals surface area contributed by atoms with E-state index >= 15 is 0 Å². The Hall–Kier alpha value is -3.57. The number of halogens is 3. The number of hydrogen-bond donors (Lipinski definition) is 1. The smallest absolute Gasteiger partial charge is 0.282 e. The Balaban J connectivity index is 1.42. The molecule has 0 bridgehead atoms. The van der Waals surface area contributed by atoms with E-state index in [0.29, 0.717) is 38.3 Å². The van der Waals surface area contributed by atoms with Crippen molar-refractivity contribution in [2.75, 3.05) is 19.0 Å². The maximum absolute atomic E-state index is 13.9. The lowest BCUT2D eigenvalue weighted by molar-refractivity contribution is -0.118. The molecule has 1 fully saturated rings. The van der Waals surface area contributed by atoms with Crippen molar-refractivity contribution in [3.8, 4) is 11.5 Å². The number of aromatic nitrogens is 2. The highest BCUT2D eigenvalue weighted by Crippen LogP contribution is 2.34. The fourth-order valence-electron chi connectivity index (χ4n) is 4.84. The van der Waals surface area contributed by atoms with Gasteiger partial charge in [0, 0.05) is 20.4 Å². The molecule has 11 heteroatoms. The summed E-state index contributed by atoms with van der Waals surface area (Å²) in [6.45, 7) is -0.358. The van der Waals surface area contributed by atoms with Crippen LogP contribution in [0.4, 0.5) is 10.1 Å². The highest BCUT2D eigenvalue weighted by molar-refractivity contribution is 9.10. The van der Waals surface area contributed by atoms with Gasteiger partial charge in [-0.05, 0) is 71.2 Å². The molecular weight excluding hydrogens is 659 g/mol. The molecule has 1 aromatic heterocycles. The number of nitrogens with zero attached hydrogens (tertiary/aromatic N) is 3. The first-order valence-electron chi connectivity index (χ1n) is 13.2. The van der Waals surface area contributed by atoms with Crippen LogP contribution in [-0.4, -0.2) is 35.5 Å². The number of amides is 1. The fourth-order valence-corrected chi connectivity index (χ4v) is 5.62. The Labute approximate surface area is 252 Å². The number of carbonyl (C=O) groups is 1. The molecular formula is C30H27Br2FN4O4.